The van der Waals surface area contributed by atoms with E-state index in [-0.39, 0.29) is 29.6 Å². The van der Waals surface area contributed by atoms with E-state index in [9.17, 15) is 9.90 Å². The van der Waals surface area contributed by atoms with Gasteiger partial charge in [0.2, 0.25) is 0 Å². The predicted molar refractivity (Wildman–Crippen MR) is 93.3 cm³/mol. The highest BCUT2D eigenvalue weighted by Crippen LogP contribution is 2.34. The Bertz CT molecular complexity index is 528. The van der Waals surface area contributed by atoms with Gasteiger partial charge in [0.15, 0.2) is 0 Å². The van der Waals surface area contributed by atoms with Gasteiger partial charge >= 0.3 is 6.03 Å². The fourth-order valence-corrected chi connectivity index (χ4v) is 3.25. The van der Waals surface area contributed by atoms with Gasteiger partial charge in [-0.1, -0.05) is 45.0 Å². The quantitative estimate of drug-likeness (QED) is 0.796. The Balaban J connectivity index is 2.04. The minimum atomic E-state index is -0.203. The van der Waals surface area contributed by atoms with Crippen LogP contribution in [-0.2, 0) is 0 Å². The number of carbonyl (C=O) groups is 1. The van der Waals surface area contributed by atoms with Crippen LogP contribution in [0.25, 0.3) is 0 Å². The summed E-state index contributed by atoms with van der Waals surface area (Å²) in [4.78, 5) is 12.4. The van der Waals surface area contributed by atoms with Crippen molar-refractivity contribution in [3.63, 3.8) is 0 Å². The topological polar surface area (TPSA) is 61.4 Å². The zero-order valence-electron chi connectivity index (χ0n) is 14.7. The number of urea groups is 1. The molecule has 1 atom stereocenters. The Kier molecular flexibility index (Phi) is 5.69. The van der Waals surface area contributed by atoms with E-state index in [1.54, 1.807) is 0 Å². The van der Waals surface area contributed by atoms with E-state index >= 15 is 0 Å². The fraction of sp³-hybridized carbons (Fsp3) is 0.632. The Hall–Kier alpha value is -1.55. The molecule has 0 spiro atoms. The molecule has 0 heterocycles. The van der Waals surface area contributed by atoms with Crippen LogP contribution >= 0.6 is 0 Å². The molecule has 4 nitrogen and oxygen atoms in total. The summed E-state index contributed by atoms with van der Waals surface area (Å²) in [5.41, 5.74) is 2.27. The summed E-state index contributed by atoms with van der Waals surface area (Å²) in [6.07, 6.45) is 3.03. The summed E-state index contributed by atoms with van der Waals surface area (Å²) in [5, 5.41) is 15.8. The average Bonchev–Trinajstić information content (AvgIpc) is 2.47. The van der Waals surface area contributed by atoms with E-state index in [1.807, 2.05) is 12.1 Å². The van der Waals surface area contributed by atoms with Gasteiger partial charge in [-0.2, -0.15) is 0 Å². The van der Waals surface area contributed by atoms with Gasteiger partial charge in [-0.25, -0.2) is 4.79 Å². The lowest BCUT2D eigenvalue weighted by molar-refractivity contribution is 0.117. The molecule has 1 fully saturated rings. The molecule has 1 aromatic carbocycles. The van der Waals surface area contributed by atoms with E-state index < -0.39 is 0 Å². The molecule has 0 aromatic heterocycles. The van der Waals surface area contributed by atoms with Crippen LogP contribution in [0.3, 0.4) is 0 Å². The van der Waals surface area contributed by atoms with Gasteiger partial charge in [-0.05, 0) is 49.1 Å². The van der Waals surface area contributed by atoms with Gasteiger partial charge in [0.25, 0.3) is 0 Å². The van der Waals surface area contributed by atoms with Crippen LogP contribution in [0.4, 0.5) is 4.79 Å². The van der Waals surface area contributed by atoms with Crippen LogP contribution in [0.5, 0.6) is 0 Å². The first kappa shape index (κ1) is 17.8. The summed E-state index contributed by atoms with van der Waals surface area (Å²) >= 11 is 0. The molecule has 1 aromatic rings. The van der Waals surface area contributed by atoms with Crippen molar-refractivity contribution in [3.05, 3.63) is 35.4 Å². The molecule has 4 heteroatoms. The molecule has 0 radical (unpaired) electrons. The highest BCUT2D eigenvalue weighted by atomic mass is 16.3. The summed E-state index contributed by atoms with van der Waals surface area (Å²) in [6, 6.07) is 8.21. The maximum Gasteiger partial charge on any atom is 0.315 e. The third-order valence-corrected chi connectivity index (χ3v) is 4.67. The van der Waals surface area contributed by atoms with Crippen molar-refractivity contribution in [2.45, 2.75) is 71.6 Å². The fourth-order valence-electron chi connectivity index (χ4n) is 3.25. The Morgan fingerprint density at radius 3 is 2.35 bits per heavy atom. The van der Waals surface area contributed by atoms with Crippen molar-refractivity contribution >= 4 is 6.03 Å². The smallest absolute Gasteiger partial charge is 0.315 e. The number of hydrogen-bond donors (Lipinski definition) is 3. The second kappa shape index (κ2) is 7.35. The standard InChI is InChI=1S/C19H30N2O2/c1-13-7-5-6-8-16(13)17(19(2,3)4)21-18(23)20-14-9-11-15(22)12-10-14/h5-8,14-15,17,22H,9-12H2,1-4H3,(H2,20,21,23). The molecule has 0 aliphatic heterocycles. The van der Waals surface area contributed by atoms with E-state index in [0.29, 0.717) is 0 Å². The first-order valence-corrected chi connectivity index (χ1v) is 8.58. The Labute approximate surface area is 139 Å². The van der Waals surface area contributed by atoms with Gasteiger partial charge in [-0.15, -0.1) is 0 Å². The van der Waals surface area contributed by atoms with Crippen LogP contribution < -0.4 is 10.6 Å². The van der Waals surface area contributed by atoms with Crippen LogP contribution in [0.2, 0.25) is 0 Å². The number of nitrogens with one attached hydrogen (secondary N) is 2. The molecule has 2 rings (SSSR count). The van der Waals surface area contributed by atoms with Gasteiger partial charge in [0.1, 0.15) is 0 Å². The summed E-state index contributed by atoms with van der Waals surface area (Å²) < 4.78 is 0. The molecule has 3 N–H and O–H groups in total. The van der Waals surface area contributed by atoms with Crippen molar-refractivity contribution in [3.8, 4) is 0 Å². The van der Waals surface area contributed by atoms with Gasteiger partial charge in [0, 0.05) is 6.04 Å². The number of aliphatic hydroxyl groups is 1. The predicted octanol–water partition coefficient (Wildman–Crippen LogP) is 3.68. The van der Waals surface area contributed by atoms with E-state index in [2.05, 4.69) is 50.5 Å². The zero-order chi connectivity index (χ0) is 17.0. The van der Waals surface area contributed by atoms with Crippen LogP contribution in [0, 0.1) is 12.3 Å². The molecule has 1 saturated carbocycles. The molecule has 23 heavy (non-hydrogen) atoms. The lowest BCUT2D eigenvalue weighted by Gasteiger charge is -2.34. The lowest BCUT2D eigenvalue weighted by Crippen LogP contribution is -2.47. The van der Waals surface area contributed by atoms with Crippen LogP contribution in [0.1, 0.15) is 63.6 Å². The summed E-state index contributed by atoms with van der Waals surface area (Å²) in [7, 11) is 0. The molecule has 128 valence electrons. The minimum absolute atomic E-state index is 0.0436. The van der Waals surface area contributed by atoms with Gasteiger partial charge in [-0.3, -0.25) is 0 Å². The number of hydrogen-bond acceptors (Lipinski definition) is 2. The number of aliphatic hydroxyl groups excluding tert-OH is 1. The summed E-state index contributed by atoms with van der Waals surface area (Å²) in [5.74, 6) is 0. The molecule has 0 saturated heterocycles. The first-order valence-electron chi connectivity index (χ1n) is 8.58. The number of carbonyl (C=O) groups excluding carboxylic acids is 1. The molecular formula is C19H30N2O2. The second-order valence-electron chi connectivity index (χ2n) is 7.78. The lowest BCUT2D eigenvalue weighted by atomic mass is 9.81. The monoisotopic (exact) mass is 318 g/mol. The van der Waals surface area contributed by atoms with E-state index in [1.165, 1.54) is 5.56 Å². The first-order chi connectivity index (χ1) is 10.8. The SMILES string of the molecule is Cc1ccccc1C(NC(=O)NC1CCC(O)CC1)C(C)(C)C. The highest BCUT2D eigenvalue weighted by molar-refractivity contribution is 5.75. The number of benzene rings is 1. The van der Waals surface area contributed by atoms with E-state index in [0.717, 1.165) is 31.2 Å². The maximum absolute atomic E-state index is 12.4. The molecular weight excluding hydrogens is 288 g/mol. The van der Waals surface area contributed by atoms with Crippen molar-refractivity contribution in [1.82, 2.24) is 10.6 Å². The Morgan fingerprint density at radius 2 is 1.78 bits per heavy atom. The average molecular weight is 318 g/mol. The Morgan fingerprint density at radius 1 is 1.17 bits per heavy atom. The van der Waals surface area contributed by atoms with Crippen LogP contribution in [-0.4, -0.2) is 23.3 Å². The zero-order valence-corrected chi connectivity index (χ0v) is 14.7. The molecule has 1 unspecified atom stereocenters. The number of aryl methyl sites for hydroxylation is 1. The van der Waals surface area contributed by atoms with Crippen molar-refractivity contribution in [2.24, 2.45) is 5.41 Å². The molecule has 0 bridgehead atoms. The van der Waals surface area contributed by atoms with E-state index in [4.69, 9.17) is 0 Å². The highest BCUT2D eigenvalue weighted by Gasteiger charge is 2.30. The van der Waals surface area contributed by atoms with Crippen molar-refractivity contribution in [1.29, 1.82) is 0 Å². The van der Waals surface area contributed by atoms with Crippen LogP contribution in [0.15, 0.2) is 24.3 Å². The third-order valence-electron chi connectivity index (χ3n) is 4.67. The summed E-state index contributed by atoms with van der Waals surface area (Å²) in [6.45, 7) is 8.50. The molecule has 2 amide bonds. The number of rotatable bonds is 3. The normalized spacial score (nSPS) is 23.2. The van der Waals surface area contributed by atoms with Gasteiger partial charge in [0.05, 0.1) is 12.1 Å². The minimum Gasteiger partial charge on any atom is -0.393 e. The van der Waals surface area contributed by atoms with Gasteiger partial charge < -0.3 is 15.7 Å². The third kappa shape index (κ3) is 4.96. The van der Waals surface area contributed by atoms with Crippen molar-refractivity contribution in [2.75, 3.05) is 0 Å². The molecule has 1 aliphatic carbocycles. The molecule has 1 aliphatic rings. The number of amides is 2. The van der Waals surface area contributed by atoms with Crippen molar-refractivity contribution < 1.29 is 9.90 Å². The largest absolute Gasteiger partial charge is 0.393 e. The second-order valence-corrected chi connectivity index (χ2v) is 7.78. The maximum atomic E-state index is 12.4.